The lowest BCUT2D eigenvalue weighted by Gasteiger charge is -2.12. The minimum absolute atomic E-state index is 0.256. The Morgan fingerprint density at radius 1 is 1.07 bits per heavy atom. The average Bonchev–Trinajstić information content (AvgIpc) is 2.58. The first-order valence-electron chi connectivity index (χ1n) is 8.72. The molecule has 7 heteroatoms. The summed E-state index contributed by atoms with van der Waals surface area (Å²) in [5.74, 6) is 1.21. The van der Waals surface area contributed by atoms with Crippen LogP contribution in [0.3, 0.4) is 0 Å². The lowest BCUT2D eigenvalue weighted by Crippen LogP contribution is -2.20. The number of nitrogens with zero attached hydrogens (tertiary/aromatic N) is 1. The third-order valence-corrected chi connectivity index (χ3v) is 5.44. The van der Waals surface area contributed by atoms with Gasteiger partial charge in [-0.3, -0.25) is 0 Å². The number of aryl methyl sites for hydroxylation is 3. The number of hydrazone groups is 1. The second kappa shape index (κ2) is 8.90. The van der Waals surface area contributed by atoms with Crippen molar-refractivity contribution in [2.24, 2.45) is 5.10 Å². The Balaban J connectivity index is 2.22. The summed E-state index contributed by atoms with van der Waals surface area (Å²) in [6.07, 6.45) is 2.31. The van der Waals surface area contributed by atoms with E-state index in [4.69, 9.17) is 9.47 Å². The van der Waals surface area contributed by atoms with Gasteiger partial charge in [-0.15, -0.1) is 0 Å². The molecule has 0 aliphatic carbocycles. The molecule has 0 heterocycles. The molecule has 6 nitrogen and oxygen atoms in total. The third-order valence-electron chi connectivity index (χ3n) is 3.91. The zero-order valence-electron chi connectivity index (χ0n) is 16.4. The molecule has 0 aliphatic heterocycles. The van der Waals surface area contributed by atoms with Crippen LogP contribution in [0.1, 0.15) is 35.6 Å². The molecule has 0 aromatic heterocycles. The van der Waals surface area contributed by atoms with Crippen molar-refractivity contribution in [1.29, 1.82) is 0 Å². The summed E-state index contributed by atoms with van der Waals surface area (Å²) in [5.41, 5.74) is 3.09. The van der Waals surface area contributed by atoms with Crippen molar-refractivity contribution in [3.8, 4) is 11.5 Å². The Morgan fingerprint density at radius 3 is 2.33 bits per heavy atom. The predicted molar refractivity (Wildman–Crippen MR) is 107 cm³/mol. The minimum Gasteiger partial charge on any atom is -0.493 e. The number of sulfonamides is 1. The van der Waals surface area contributed by atoms with Crippen LogP contribution >= 0.6 is 0 Å². The highest BCUT2D eigenvalue weighted by molar-refractivity contribution is 7.89. The number of hydrogen-bond donors (Lipinski definition) is 1. The van der Waals surface area contributed by atoms with E-state index in [0.29, 0.717) is 34.8 Å². The van der Waals surface area contributed by atoms with E-state index >= 15 is 0 Å². The summed E-state index contributed by atoms with van der Waals surface area (Å²) in [6.45, 7) is 8.07. The van der Waals surface area contributed by atoms with Gasteiger partial charge in [0.15, 0.2) is 11.5 Å². The standard InChI is InChI=1S/C20H26N2O4S/c1-6-9-26-19-12-17(7-8-18(19)25-5)13-21-22-27(23,24)20-15(3)10-14(2)11-16(20)4/h7-8,10-13,22H,6,9H2,1-5H3/b21-13+. The van der Waals surface area contributed by atoms with E-state index in [0.717, 1.165) is 12.0 Å². The van der Waals surface area contributed by atoms with Gasteiger partial charge in [0.25, 0.3) is 10.0 Å². The minimum atomic E-state index is -3.75. The highest BCUT2D eigenvalue weighted by Crippen LogP contribution is 2.27. The van der Waals surface area contributed by atoms with Crippen LogP contribution in [-0.2, 0) is 10.0 Å². The van der Waals surface area contributed by atoms with Gasteiger partial charge in [0, 0.05) is 0 Å². The molecule has 0 amide bonds. The molecule has 146 valence electrons. The smallest absolute Gasteiger partial charge is 0.277 e. The van der Waals surface area contributed by atoms with E-state index in [9.17, 15) is 8.42 Å². The Morgan fingerprint density at radius 2 is 1.74 bits per heavy atom. The maximum Gasteiger partial charge on any atom is 0.277 e. The number of benzene rings is 2. The number of methoxy groups -OCH3 is 1. The van der Waals surface area contributed by atoms with Crippen molar-refractivity contribution in [1.82, 2.24) is 4.83 Å². The molecule has 1 N–H and O–H groups in total. The van der Waals surface area contributed by atoms with E-state index in [-0.39, 0.29) is 4.90 Å². The SMILES string of the molecule is CCCOc1cc(/C=N/NS(=O)(=O)c2c(C)cc(C)cc2C)ccc1OC. The number of nitrogens with one attached hydrogen (secondary N) is 1. The van der Waals surface area contributed by atoms with Crippen LogP contribution < -0.4 is 14.3 Å². The molecule has 0 bridgehead atoms. The molecule has 2 rings (SSSR count). The van der Waals surface area contributed by atoms with Crippen LogP contribution in [0.25, 0.3) is 0 Å². The van der Waals surface area contributed by atoms with Gasteiger partial charge >= 0.3 is 0 Å². The maximum atomic E-state index is 12.6. The molecule has 0 atom stereocenters. The lowest BCUT2D eigenvalue weighted by molar-refractivity contribution is 0.294. The topological polar surface area (TPSA) is 77.0 Å². The number of ether oxygens (including phenoxy) is 2. The zero-order chi connectivity index (χ0) is 20.0. The average molecular weight is 391 g/mol. The quantitative estimate of drug-likeness (QED) is 0.550. The molecular formula is C20H26N2O4S. The third kappa shape index (κ3) is 5.23. The first-order chi connectivity index (χ1) is 12.8. The van der Waals surface area contributed by atoms with Gasteiger partial charge in [-0.1, -0.05) is 24.6 Å². The first kappa shape index (κ1) is 20.8. The van der Waals surface area contributed by atoms with Crippen molar-refractivity contribution < 1.29 is 17.9 Å². The normalized spacial score (nSPS) is 11.6. The molecule has 0 fully saturated rings. The Kier molecular flexibility index (Phi) is 6.85. The van der Waals surface area contributed by atoms with Gasteiger partial charge in [0.05, 0.1) is 24.8 Å². The van der Waals surface area contributed by atoms with E-state index in [2.05, 4.69) is 9.93 Å². The Labute approximate surface area is 161 Å². The molecule has 0 saturated heterocycles. The van der Waals surface area contributed by atoms with Crippen LogP contribution in [0.2, 0.25) is 0 Å². The fraction of sp³-hybridized carbons (Fsp3) is 0.350. The van der Waals surface area contributed by atoms with E-state index in [1.165, 1.54) is 6.21 Å². The summed E-state index contributed by atoms with van der Waals surface area (Å²) in [7, 11) is -2.18. The first-order valence-corrected chi connectivity index (χ1v) is 10.2. The number of hydrogen-bond acceptors (Lipinski definition) is 5. The monoisotopic (exact) mass is 390 g/mol. The molecule has 0 saturated carbocycles. The summed E-state index contributed by atoms with van der Waals surface area (Å²) in [4.78, 5) is 2.54. The van der Waals surface area contributed by atoms with Gasteiger partial charge in [-0.25, -0.2) is 4.83 Å². The summed E-state index contributed by atoms with van der Waals surface area (Å²) >= 11 is 0. The van der Waals surface area contributed by atoms with Gasteiger partial charge in [0.2, 0.25) is 0 Å². The molecule has 2 aromatic carbocycles. The summed E-state index contributed by atoms with van der Waals surface area (Å²) in [5, 5.41) is 3.91. The van der Waals surface area contributed by atoms with Crippen LogP contribution in [0.5, 0.6) is 11.5 Å². The largest absolute Gasteiger partial charge is 0.493 e. The fourth-order valence-electron chi connectivity index (χ4n) is 2.90. The van der Waals surface area contributed by atoms with Crippen molar-refractivity contribution in [2.45, 2.75) is 39.0 Å². The lowest BCUT2D eigenvalue weighted by atomic mass is 10.1. The van der Waals surface area contributed by atoms with Gasteiger partial charge < -0.3 is 9.47 Å². The van der Waals surface area contributed by atoms with Gasteiger partial charge in [-0.2, -0.15) is 13.5 Å². The fourth-order valence-corrected chi connectivity index (χ4v) is 4.15. The second-order valence-corrected chi connectivity index (χ2v) is 7.94. The Bertz CT molecular complexity index is 914. The van der Waals surface area contributed by atoms with E-state index in [1.807, 2.05) is 26.0 Å². The highest BCUT2D eigenvalue weighted by atomic mass is 32.2. The van der Waals surface area contributed by atoms with Crippen LogP contribution in [0.4, 0.5) is 0 Å². The molecule has 0 radical (unpaired) electrons. The van der Waals surface area contributed by atoms with E-state index in [1.54, 1.807) is 39.2 Å². The van der Waals surface area contributed by atoms with E-state index < -0.39 is 10.0 Å². The van der Waals surface area contributed by atoms with Crippen molar-refractivity contribution in [3.05, 3.63) is 52.6 Å². The molecule has 0 aliphatic rings. The summed E-state index contributed by atoms with van der Waals surface area (Å²) < 4.78 is 36.1. The second-order valence-electron chi connectivity index (χ2n) is 6.34. The molecule has 27 heavy (non-hydrogen) atoms. The highest BCUT2D eigenvalue weighted by Gasteiger charge is 2.19. The predicted octanol–water partition coefficient (Wildman–Crippen LogP) is 3.72. The van der Waals surface area contributed by atoms with Crippen molar-refractivity contribution in [3.63, 3.8) is 0 Å². The van der Waals surface area contributed by atoms with Crippen molar-refractivity contribution in [2.75, 3.05) is 13.7 Å². The maximum absolute atomic E-state index is 12.6. The van der Waals surface area contributed by atoms with Crippen LogP contribution in [0.15, 0.2) is 40.3 Å². The summed E-state index contributed by atoms with van der Waals surface area (Å²) in [6, 6.07) is 8.97. The zero-order valence-corrected chi connectivity index (χ0v) is 17.2. The Hall–Kier alpha value is -2.54. The molecule has 0 unspecified atom stereocenters. The molecular weight excluding hydrogens is 364 g/mol. The van der Waals surface area contributed by atoms with Gasteiger partial charge in [0.1, 0.15) is 0 Å². The van der Waals surface area contributed by atoms with Gasteiger partial charge in [-0.05, 0) is 62.1 Å². The molecule has 0 spiro atoms. The van der Waals surface area contributed by atoms with Crippen molar-refractivity contribution >= 4 is 16.2 Å². The number of rotatable bonds is 8. The molecule has 2 aromatic rings. The van der Waals surface area contributed by atoms with Crippen LogP contribution in [0, 0.1) is 20.8 Å². The van der Waals surface area contributed by atoms with Crippen LogP contribution in [-0.4, -0.2) is 28.3 Å².